The molecular weight excluding hydrogens is 266 g/mol. The highest BCUT2D eigenvalue weighted by Crippen LogP contribution is 2.61. The van der Waals surface area contributed by atoms with Gasteiger partial charge in [-0.25, -0.2) is 4.98 Å². The second-order valence-corrected chi connectivity index (χ2v) is 8.51. The van der Waals surface area contributed by atoms with Crippen molar-refractivity contribution in [3.63, 3.8) is 0 Å². The Hall–Kier alpha value is -0.480. The van der Waals surface area contributed by atoms with Gasteiger partial charge in [-0.05, 0) is 61.7 Å². The lowest BCUT2D eigenvalue weighted by molar-refractivity contribution is -0.0629. The maximum absolute atomic E-state index is 6.68. The second kappa shape index (κ2) is 4.77. The molecule has 4 aliphatic carbocycles. The molecule has 0 aliphatic heterocycles. The predicted octanol–water partition coefficient (Wildman–Crippen LogP) is 3.06. The fourth-order valence-electron chi connectivity index (χ4n) is 5.46. The minimum absolute atomic E-state index is 0.345. The summed E-state index contributed by atoms with van der Waals surface area (Å²) in [5.41, 5.74) is 7.15. The van der Waals surface area contributed by atoms with Crippen LogP contribution in [0, 0.1) is 23.2 Å². The van der Waals surface area contributed by atoms with Gasteiger partial charge in [-0.1, -0.05) is 11.8 Å². The van der Waals surface area contributed by atoms with Crippen LogP contribution in [0.5, 0.6) is 0 Å². The van der Waals surface area contributed by atoms with E-state index in [1.165, 1.54) is 38.5 Å². The van der Waals surface area contributed by atoms with Crippen LogP contribution in [0.4, 0.5) is 0 Å². The van der Waals surface area contributed by atoms with Crippen LogP contribution in [0.15, 0.2) is 17.6 Å². The van der Waals surface area contributed by atoms with Crippen molar-refractivity contribution in [2.45, 2.75) is 49.7 Å². The van der Waals surface area contributed by atoms with Gasteiger partial charge in [0.05, 0.1) is 0 Å². The molecule has 20 heavy (non-hydrogen) atoms. The first-order valence-corrected chi connectivity index (χ1v) is 8.99. The van der Waals surface area contributed by atoms with Gasteiger partial charge >= 0.3 is 0 Å². The van der Waals surface area contributed by atoms with Crippen LogP contribution in [0.25, 0.3) is 0 Å². The highest BCUT2D eigenvalue weighted by molar-refractivity contribution is 7.99. The van der Waals surface area contributed by atoms with Crippen molar-refractivity contribution >= 4 is 11.8 Å². The summed E-state index contributed by atoms with van der Waals surface area (Å²) in [5.74, 6) is 4.00. The van der Waals surface area contributed by atoms with Crippen LogP contribution >= 0.6 is 11.8 Å². The van der Waals surface area contributed by atoms with Crippen molar-refractivity contribution in [1.82, 2.24) is 9.55 Å². The van der Waals surface area contributed by atoms with E-state index in [4.69, 9.17) is 5.73 Å². The van der Waals surface area contributed by atoms with Crippen LogP contribution in [0.1, 0.15) is 38.5 Å². The molecule has 0 aromatic carbocycles. The molecule has 110 valence electrons. The summed E-state index contributed by atoms with van der Waals surface area (Å²) in [6.45, 7) is 0. The molecule has 1 aromatic rings. The van der Waals surface area contributed by atoms with Crippen molar-refractivity contribution in [3.05, 3.63) is 12.4 Å². The Kier molecular flexibility index (Phi) is 3.15. The van der Waals surface area contributed by atoms with Gasteiger partial charge in [0.2, 0.25) is 0 Å². The highest BCUT2D eigenvalue weighted by Gasteiger charge is 2.53. The zero-order valence-corrected chi connectivity index (χ0v) is 13.1. The number of nitrogens with zero attached hydrogens (tertiary/aromatic N) is 2. The van der Waals surface area contributed by atoms with Crippen LogP contribution in [0.2, 0.25) is 0 Å². The first-order valence-electron chi connectivity index (χ1n) is 8.00. The summed E-state index contributed by atoms with van der Waals surface area (Å²) in [4.78, 5) is 4.40. The molecule has 0 spiro atoms. The first kappa shape index (κ1) is 13.2. The van der Waals surface area contributed by atoms with E-state index in [-0.39, 0.29) is 0 Å². The Morgan fingerprint density at radius 3 is 2.40 bits per heavy atom. The number of nitrogens with two attached hydrogens (primary N) is 1. The molecule has 1 heterocycles. The molecule has 4 saturated carbocycles. The van der Waals surface area contributed by atoms with E-state index in [0.29, 0.717) is 11.5 Å². The maximum atomic E-state index is 6.68. The fourth-order valence-corrected chi connectivity index (χ4v) is 6.55. The van der Waals surface area contributed by atoms with Gasteiger partial charge in [0.25, 0.3) is 0 Å². The van der Waals surface area contributed by atoms with Crippen LogP contribution in [0.3, 0.4) is 0 Å². The number of hydrogen-bond acceptors (Lipinski definition) is 3. The van der Waals surface area contributed by atoms with Crippen molar-refractivity contribution < 1.29 is 0 Å². The Morgan fingerprint density at radius 1 is 1.30 bits per heavy atom. The summed E-state index contributed by atoms with van der Waals surface area (Å²) in [6, 6.07) is 0.345. The van der Waals surface area contributed by atoms with E-state index < -0.39 is 0 Å². The molecule has 4 bridgehead atoms. The SMILES string of the molecule is Cn1ccnc1SCC(N)C12CC3CC(CC(C3)C1)C2. The summed E-state index contributed by atoms with van der Waals surface area (Å²) in [5, 5.41) is 1.10. The second-order valence-electron chi connectivity index (χ2n) is 7.52. The zero-order valence-electron chi connectivity index (χ0n) is 12.3. The van der Waals surface area contributed by atoms with E-state index in [2.05, 4.69) is 16.6 Å². The van der Waals surface area contributed by atoms with Gasteiger partial charge in [0.15, 0.2) is 5.16 Å². The number of thioether (sulfide) groups is 1. The van der Waals surface area contributed by atoms with Gasteiger partial charge < -0.3 is 10.3 Å². The fraction of sp³-hybridized carbons (Fsp3) is 0.812. The standard InChI is InChI=1S/C16H25N3S/c1-19-3-2-18-15(19)20-10-14(17)16-7-11-4-12(8-16)6-13(5-11)9-16/h2-3,11-14H,4-10,17H2,1H3. The molecular formula is C16H25N3S. The monoisotopic (exact) mass is 291 g/mol. The molecule has 0 radical (unpaired) electrons. The lowest BCUT2D eigenvalue weighted by Crippen LogP contribution is -2.55. The lowest BCUT2D eigenvalue weighted by Gasteiger charge is -2.59. The Morgan fingerprint density at radius 2 is 1.90 bits per heavy atom. The van der Waals surface area contributed by atoms with E-state index >= 15 is 0 Å². The number of rotatable bonds is 4. The van der Waals surface area contributed by atoms with E-state index in [9.17, 15) is 0 Å². The minimum Gasteiger partial charge on any atom is -0.329 e. The molecule has 4 heteroatoms. The summed E-state index contributed by atoms with van der Waals surface area (Å²) >= 11 is 1.84. The van der Waals surface area contributed by atoms with Crippen LogP contribution < -0.4 is 5.73 Å². The maximum Gasteiger partial charge on any atom is 0.167 e. The Labute approximate surface area is 125 Å². The molecule has 0 saturated heterocycles. The van der Waals surface area contributed by atoms with Crippen molar-refractivity contribution in [2.24, 2.45) is 36.0 Å². The first-order chi connectivity index (χ1) is 9.64. The molecule has 3 nitrogen and oxygen atoms in total. The molecule has 1 atom stereocenters. The predicted molar refractivity (Wildman–Crippen MR) is 82.5 cm³/mol. The zero-order chi connectivity index (χ0) is 13.7. The van der Waals surface area contributed by atoms with E-state index in [1.807, 2.05) is 24.2 Å². The van der Waals surface area contributed by atoms with Crippen molar-refractivity contribution in [1.29, 1.82) is 0 Å². The molecule has 0 amide bonds. The average Bonchev–Trinajstić information content (AvgIpc) is 2.80. The van der Waals surface area contributed by atoms with E-state index in [0.717, 1.165) is 28.7 Å². The van der Waals surface area contributed by atoms with Gasteiger partial charge in [-0.3, -0.25) is 0 Å². The summed E-state index contributed by atoms with van der Waals surface area (Å²) < 4.78 is 2.09. The molecule has 5 rings (SSSR count). The average molecular weight is 291 g/mol. The van der Waals surface area contributed by atoms with E-state index in [1.54, 1.807) is 0 Å². The smallest absolute Gasteiger partial charge is 0.167 e. The van der Waals surface area contributed by atoms with Crippen LogP contribution in [-0.4, -0.2) is 21.3 Å². The third kappa shape index (κ3) is 2.12. The van der Waals surface area contributed by atoms with Gasteiger partial charge in [0.1, 0.15) is 0 Å². The highest BCUT2D eigenvalue weighted by atomic mass is 32.2. The Bertz CT molecular complexity index is 460. The van der Waals surface area contributed by atoms with Crippen molar-refractivity contribution in [2.75, 3.05) is 5.75 Å². The molecule has 1 aromatic heterocycles. The number of aryl methyl sites for hydroxylation is 1. The minimum atomic E-state index is 0.345. The van der Waals surface area contributed by atoms with Crippen molar-refractivity contribution in [3.8, 4) is 0 Å². The molecule has 2 N–H and O–H groups in total. The quantitative estimate of drug-likeness (QED) is 0.867. The largest absolute Gasteiger partial charge is 0.329 e. The molecule has 4 aliphatic rings. The molecule has 4 fully saturated rings. The summed E-state index contributed by atoms with van der Waals surface area (Å²) in [7, 11) is 2.06. The molecule has 1 unspecified atom stereocenters. The van der Waals surface area contributed by atoms with Gasteiger partial charge in [-0.15, -0.1) is 0 Å². The van der Waals surface area contributed by atoms with Gasteiger partial charge in [-0.2, -0.15) is 0 Å². The topological polar surface area (TPSA) is 43.8 Å². The lowest BCUT2D eigenvalue weighted by atomic mass is 9.48. The third-order valence-corrected chi connectivity index (χ3v) is 7.22. The number of aromatic nitrogens is 2. The Balaban J connectivity index is 1.45. The number of imidazole rings is 1. The normalized spacial score (nSPS) is 40.2. The third-order valence-electron chi connectivity index (χ3n) is 6.04. The number of hydrogen-bond donors (Lipinski definition) is 1. The van der Waals surface area contributed by atoms with Crippen LogP contribution in [-0.2, 0) is 7.05 Å². The van der Waals surface area contributed by atoms with Gasteiger partial charge in [0, 0.05) is 31.2 Å². The summed E-state index contributed by atoms with van der Waals surface area (Å²) in [6.07, 6.45) is 12.6.